The Morgan fingerprint density at radius 1 is 1.05 bits per heavy atom. The molecule has 0 aliphatic rings. The van der Waals surface area contributed by atoms with Crippen molar-refractivity contribution in [1.29, 1.82) is 0 Å². The van der Waals surface area contributed by atoms with Crippen molar-refractivity contribution in [3.8, 4) is 11.5 Å². The largest absolute Gasteiger partial charge is 0.508 e. The quantitative estimate of drug-likeness (QED) is 0.835. The summed E-state index contributed by atoms with van der Waals surface area (Å²) in [6.45, 7) is 3.81. The van der Waals surface area contributed by atoms with Crippen LogP contribution in [0.25, 0.3) is 0 Å². The first-order valence-electron chi connectivity index (χ1n) is 6.70. The van der Waals surface area contributed by atoms with Gasteiger partial charge in [-0.25, -0.2) is 0 Å². The number of benzene rings is 2. The molecule has 0 spiro atoms. The van der Waals surface area contributed by atoms with E-state index < -0.39 is 0 Å². The van der Waals surface area contributed by atoms with Crippen molar-refractivity contribution in [3.63, 3.8) is 0 Å². The lowest BCUT2D eigenvalue weighted by molar-refractivity contribution is 0.103. The number of carbonyl (C=O) groups excluding carboxylic acids is 1. The van der Waals surface area contributed by atoms with Gasteiger partial charge in [0.05, 0.1) is 5.56 Å². The lowest BCUT2D eigenvalue weighted by Gasteiger charge is -2.11. The Hall–Kier alpha value is -2.29. The third kappa shape index (κ3) is 2.52. The lowest BCUT2D eigenvalue weighted by atomic mass is 9.95. The number of aryl methyl sites for hydroxylation is 1. The number of carbonyl (C=O) groups is 1. The summed E-state index contributed by atoms with van der Waals surface area (Å²) in [5.74, 6) is -0.302. The summed E-state index contributed by atoms with van der Waals surface area (Å²) in [5, 5.41) is 20.0. The molecule has 0 aliphatic heterocycles. The zero-order valence-electron chi connectivity index (χ0n) is 11.7. The highest BCUT2D eigenvalue weighted by molar-refractivity contribution is 6.11. The van der Waals surface area contributed by atoms with Gasteiger partial charge in [0.15, 0.2) is 5.78 Å². The predicted octanol–water partition coefficient (Wildman–Crippen LogP) is 3.59. The van der Waals surface area contributed by atoms with E-state index in [1.807, 2.05) is 26.0 Å². The highest BCUT2D eigenvalue weighted by Crippen LogP contribution is 2.33. The molecule has 0 atom stereocenters. The van der Waals surface area contributed by atoms with E-state index in [0.717, 1.165) is 12.0 Å². The summed E-state index contributed by atoms with van der Waals surface area (Å²) < 4.78 is 0. The second kappa shape index (κ2) is 5.78. The van der Waals surface area contributed by atoms with E-state index in [9.17, 15) is 15.0 Å². The molecule has 2 rings (SSSR count). The van der Waals surface area contributed by atoms with Gasteiger partial charge in [-0.3, -0.25) is 4.79 Å². The number of ketones is 1. The number of phenolic OH excluding ortho intramolecular Hbond substituents is 2. The molecular weight excluding hydrogens is 252 g/mol. The van der Waals surface area contributed by atoms with Gasteiger partial charge in [0.25, 0.3) is 0 Å². The highest BCUT2D eigenvalue weighted by atomic mass is 16.3. The number of phenols is 2. The van der Waals surface area contributed by atoms with Gasteiger partial charge in [-0.15, -0.1) is 0 Å². The zero-order valence-corrected chi connectivity index (χ0v) is 11.7. The van der Waals surface area contributed by atoms with Crippen LogP contribution in [-0.4, -0.2) is 16.0 Å². The van der Waals surface area contributed by atoms with Gasteiger partial charge >= 0.3 is 0 Å². The molecule has 0 fully saturated rings. The van der Waals surface area contributed by atoms with Gasteiger partial charge in [0.1, 0.15) is 11.5 Å². The first-order valence-corrected chi connectivity index (χ1v) is 6.70. The Balaban J connectivity index is 2.51. The monoisotopic (exact) mass is 270 g/mol. The van der Waals surface area contributed by atoms with Crippen LogP contribution in [-0.2, 0) is 6.42 Å². The zero-order chi connectivity index (χ0) is 14.7. The van der Waals surface area contributed by atoms with E-state index >= 15 is 0 Å². The minimum atomic E-state index is -0.224. The summed E-state index contributed by atoms with van der Waals surface area (Å²) >= 11 is 0. The molecule has 2 N–H and O–H groups in total. The maximum atomic E-state index is 12.5. The van der Waals surface area contributed by atoms with Gasteiger partial charge in [-0.1, -0.05) is 37.6 Å². The molecule has 104 valence electrons. The number of aromatic hydroxyl groups is 2. The van der Waals surface area contributed by atoms with Crippen molar-refractivity contribution >= 4 is 5.78 Å². The predicted molar refractivity (Wildman–Crippen MR) is 78.4 cm³/mol. The molecule has 0 aromatic heterocycles. The third-order valence-electron chi connectivity index (χ3n) is 3.39. The number of hydrogen-bond acceptors (Lipinski definition) is 3. The third-order valence-corrected chi connectivity index (χ3v) is 3.39. The Bertz CT molecular complexity index is 645. The Kier molecular flexibility index (Phi) is 4.08. The molecule has 0 heterocycles. The average Bonchev–Trinajstić information content (AvgIpc) is 2.43. The first-order chi connectivity index (χ1) is 9.56. The fraction of sp³-hybridized carbons (Fsp3) is 0.235. The van der Waals surface area contributed by atoms with Crippen molar-refractivity contribution in [3.05, 3.63) is 58.7 Å². The second-order valence-electron chi connectivity index (χ2n) is 4.85. The molecule has 0 unspecified atom stereocenters. The van der Waals surface area contributed by atoms with Crippen LogP contribution in [0.3, 0.4) is 0 Å². The number of rotatable bonds is 4. The van der Waals surface area contributed by atoms with Crippen molar-refractivity contribution in [2.24, 2.45) is 0 Å². The smallest absolute Gasteiger partial charge is 0.197 e. The molecule has 2 aromatic rings. The van der Waals surface area contributed by atoms with Crippen LogP contribution < -0.4 is 0 Å². The minimum Gasteiger partial charge on any atom is -0.508 e. The van der Waals surface area contributed by atoms with Crippen LogP contribution in [0.2, 0.25) is 0 Å². The highest BCUT2D eigenvalue weighted by Gasteiger charge is 2.19. The van der Waals surface area contributed by atoms with Crippen LogP contribution in [0.5, 0.6) is 11.5 Å². The van der Waals surface area contributed by atoms with Crippen LogP contribution in [0.1, 0.15) is 40.4 Å². The van der Waals surface area contributed by atoms with Gasteiger partial charge in [0, 0.05) is 11.1 Å². The second-order valence-corrected chi connectivity index (χ2v) is 4.85. The summed E-state index contributed by atoms with van der Waals surface area (Å²) in [4.78, 5) is 12.5. The van der Waals surface area contributed by atoms with Gasteiger partial charge in [-0.2, -0.15) is 0 Å². The van der Waals surface area contributed by atoms with Crippen molar-refractivity contribution in [2.45, 2.75) is 26.7 Å². The van der Waals surface area contributed by atoms with Crippen molar-refractivity contribution < 1.29 is 15.0 Å². The normalized spacial score (nSPS) is 10.5. The van der Waals surface area contributed by atoms with E-state index in [0.29, 0.717) is 17.5 Å². The summed E-state index contributed by atoms with van der Waals surface area (Å²) in [5.41, 5.74) is 2.10. The summed E-state index contributed by atoms with van der Waals surface area (Å²) in [6, 6.07) is 10.2. The van der Waals surface area contributed by atoms with Gasteiger partial charge in [-0.05, 0) is 31.0 Å². The minimum absolute atomic E-state index is 0.0330. The van der Waals surface area contributed by atoms with E-state index in [1.165, 1.54) is 12.1 Å². The van der Waals surface area contributed by atoms with Crippen molar-refractivity contribution in [2.75, 3.05) is 0 Å². The van der Waals surface area contributed by atoms with Gasteiger partial charge in [0.2, 0.25) is 0 Å². The molecule has 0 aliphatic carbocycles. The van der Waals surface area contributed by atoms with Crippen LogP contribution in [0.15, 0.2) is 36.4 Å². The summed E-state index contributed by atoms with van der Waals surface area (Å²) in [6.07, 6.45) is 1.32. The molecule has 0 saturated carbocycles. The SMILES string of the molecule is CCCc1c(O)ccc(C(=O)c2ccccc2C)c1O. The topological polar surface area (TPSA) is 57.5 Å². The van der Waals surface area contributed by atoms with Crippen molar-refractivity contribution in [1.82, 2.24) is 0 Å². The molecule has 20 heavy (non-hydrogen) atoms. The first kappa shape index (κ1) is 14.1. The van der Waals surface area contributed by atoms with E-state index in [4.69, 9.17) is 0 Å². The Morgan fingerprint density at radius 2 is 1.75 bits per heavy atom. The fourth-order valence-corrected chi connectivity index (χ4v) is 2.28. The van der Waals surface area contributed by atoms with Gasteiger partial charge < -0.3 is 10.2 Å². The summed E-state index contributed by atoms with van der Waals surface area (Å²) in [7, 11) is 0. The average molecular weight is 270 g/mol. The maximum Gasteiger partial charge on any atom is 0.197 e. The van der Waals surface area contributed by atoms with Crippen LogP contribution in [0.4, 0.5) is 0 Å². The lowest BCUT2D eigenvalue weighted by Crippen LogP contribution is -2.05. The maximum absolute atomic E-state index is 12.5. The molecular formula is C17H18O3. The molecule has 0 bridgehead atoms. The number of hydrogen-bond donors (Lipinski definition) is 2. The van der Waals surface area contributed by atoms with Crippen LogP contribution >= 0.6 is 0 Å². The molecule has 2 aromatic carbocycles. The van der Waals surface area contributed by atoms with E-state index in [-0.39, 0.29) is 22.8 Å². The molecule has 0 amide bonds. The Labute approximate surface area is 118 Å². The fourth-order valence-electron chi connectivity index (χ4n) is 2.28. The van der Waals surface area contributed by atoms with E-state index in [2.05, 4.69) is 0 Å². The molecule has 0 saturated heterocycles. The molecule has 3 nitrogen and oxygen atoms in total. The van der Waals surface area contributed by atoms with E-state index in [1.54, 1.807) is 12.1 Å². The standard InChI is InChI=1S/C17H18O3/c1-3-6-13-15(18)10-9-14(17(13)20)16(19)12-8-5-4-7-11(12)2/h4-5,7-10,18,20H,3,6H2,1-2H3. The van der Waals surface area contributed by atoms with Crippen LogP contribution in [0, 0.1) is 6.92 Å². The molecule has 3 heteroatoms. The molecule has 0 radical (unpaired) electrons. The Morgan fingerprint density at radius 3 is 2.40 bits per heavy atom.